The molecule has 3 N–H and O–H groups in total. The van der Waals surface area contributed by atoms with Crippen LogP contribution >= 0.6 is 0 Å². The number of hydrogen-bond donors (Lipinski definition) is 2. The Morgan fingerprint density at radius 3 is 2.27 bits per heavy atom. The smallest absolute Gasteiger partial charge is 0.0332 e. The molecule has 1 rings (SSSR count). The lowest BCUT2D eigenvalue weighted by Crippen LogP contribution is -2.25. The van der Waals surface area contributed by atoms with Gasteiger partial charge in [0, 0.05) is 12.1 Å². The molecule has 2 unspecified atom stereocenters. The molecule has 0 heterocycles. The molecule has 2 heteroatoms. The van der Waals surface area contributed by atoms with Crippen molar-refractivity contribution in [2.24, 2.45) is 5.73 Å². The Hall–Kier alpha value is -0.860. The van der Waals surface area contributed by atoms with Crippen LogP contribution in [0.2, 0.25) is 0 Å². The highest BCUT2D eigenvalue weighted by molar-refractivity contribution is 5.25. The summed E-state index contributed by atoms with van der Waals surface area (Å²) in [5.74, 6) is 0. The molecular formula is C13H22N2. The van der Waals surface area contributed by atoms with E-state index in [0.717, 1.165) is 12.8 Å². The van der Waals surface area contributed by atoms with Crippen molar-refractivity contribution >= 4 is 0 Å². The fraction of sp³-hybridized carbons (Fsp3) is 0.538. The Morgan fingerprint density at radius 1 is 1.27 bits per heavy atom. The lowest BCUT2D eigenvalue weighted by atomic mass is 9.99. The van der Waals surface area contributed by atoms with E-state index in [-0.39, 0.29) is 6.04 Å². The standard InChI is InChI=1S/C13H22N2/c1-4-11-5-7-12(8-6-11)13(15-3)9-10(2)14/h5-8,10,13,15H,4,9,14H2,1-3H3. The molecular weight excluding hydrogens is 184 g/mol. The van der Waals surface area contributed by atoms with Crippen molar-refractivity contribution in [3.05, 3.63) is 35.4 Å². The van der Waals surface area contributed by atoms with Crippen molar-refractivity contribution in [3.8, 4) is 0 Å². The Morgan fingerprint density at radius 2 is 1.87 bits per heavy atom. The highest BCUT2D eigenvalue weighted by Crippen LogP contribution is 2.18. The average Bonchev–Trinajstić information content (AvgIpc) is 2.26. The zero-order valence-electron chi connectivity index (χ0n) is 9.96. The highest BCUT2D eigenvalue weighted by atomic mass is 14.9. The largest absolute Gasteiger partial charge is 0.328 e. The molecule has 0 aliphatic heterocycles. The van der Waals surface area contributed by atoms with E-state index in [2.05, 4.69) is 36.5 Å². The number of nitrogens with two attached hydrogens (primary N) is 1. The van der Waals surface area contributed by atoms with Gasteiger partial charge in [-0.05, 0) is 37.9 Å². The lowest BCUT2D eigenvalue weighted by Gasteiger charge is -2.19. The second-order valence-corrected chi connectivity index (χ2v) is 4.15. The molecule has 0 bridgehead atoms. The number of hydrogen-bond acceptors (Lipinski definition) is 2. The van der Waals surface area contributed by atoms with Crippen LogP contribution < -0.4 is 11.1 Å². The molecule has 0 saturated heterocycles. The molecule has 0 amide bonds. The zero-order chi connectivity index (χ0) is 11.3. The second kappa shape index (κ2) is 5.89. The number of rotatable bonds is 5. The van der Waals surface area contributed by atoms with E-state index in [0.29, 0.717) is 6.04 Å². The van der Waals surface area contributed by atoms with Crippen molar-refractivity contribution in [1.82, 2.24) is 5.32 Å². The third-order valence-corrected chi connectivity index (χ3v) is 2.75. The van der Waals surface area contributed by atoms with Gasteiger partial charge in [0.05, 0.1) is 0 Å². The molecule has 1 aromatic rings. The first-order valence-electron chi connectivity index (χ1n) is 5.69. The van der Waals surface area contributed by atoms with Crippen LogP contribution in [0.1, 0.15) is 37.4 Å². The predicted molar refractivity (Wildman–Crippen MR) is 65.9 cm³/mol. The summed E-state index contributed by atoms with van der Waals surface area (Å²) in [5, 5.41) is 3.31. The number of aryl methyl sites for hydroxylation is 1. The van der Waals surface area contributed by atoms with Crippen molar-refractivity contribution in [3.63, 3.8) is 0 Å². The minimum atomic E-state index is 0.230. The van der Waals surface area contributed by atoms with Crippen LogP contribution in [-0.4, -0.2) is 13.1 Å². The first-order chi connectivity index (χ1) is 7.17. The molecule has 0 aliphatic carbocycles. The molecule has 84 valence electrons. The van der Waals surface area contributed by atoms with E-state index >= 15 is 0 Å². The molecule has 0 fully saturated rings. The third kappa shape index (κ3) is 3.65. The molecule has 0 saturated carbocycles. The summed E-state index contributed by atoms with van der Waals surface area (Å²) in [7, 11) is 1.99. The summed E-state index contributed by atoms with van der Waals surface area (Å²) >= 11 is 0. The van der Waals surface area contributed by atoms with Crippen molar-refractivity contribution < 1.29 is 0 Å². The summed E-state index contributed by atoms with van der Waals surface area (Å²) in [6.07, 6.45) is 2.07. The van der Waals surface area contributed by atoms with Crippen LogP contribution in [0.25, 0.3) is 0 Å². The molecule has 0 aliphatic rings. The van der Waals surface area contributed by atoms with Gasteiger partial charge in [-0.3, -0.25) is 0 Å². The van der Waals surface area contributed by atoms with E-state index in [9.17, 15) is 0 Å². The quantitative estimate of drug-likeness (QED) is 0.775. The van der Waals surface area contributed by atoms with Crippen LogP contribution in [0.5, 0.6) is 0 Å². The highest BCUT2D eigenvalue weighted by Gasteiger charge is 2.10. The first kappa shape index (κ1) is 12.2. The van der Waals surface area contributed by atoms with Crippen LogP contribution in [0.4, 0.5) is 0 Å². The Balaban J connectivity index is 2.74. The van der Waals surface area contributed by atoms with Gasteiger partial charge in [0.1, 0.15) is 0 Å². The van der Waals surface area contributed by atoms with Crippen LogP contribution in [0.15, 0.2) is 24.3 Å². The predicted octanol–water partition coefficient (Wildman–Crippen LogP) is 2.25. The van der Waals surface area contributed by atoms with Crippen LogP contribution in [0, 0.1) is 0 Å². The van der Waals surface area contributed by atoms with Gasteiger partial charge in [0.25, 0.3) is 0 Å². The van der Waals surface area contributed by atoms with Gasteiger partial charge in [-0.1, -0.05) is 31.2 Å². The average molecular weight is 206 g/mol. The van der Waals surface area contributed by atoms with Gasteiger partial charge < -0.3 is 11.1 Å². The van der Waals surface area contributed by atoms with Crippen molar-refractivity contribution in [2.45, 2.75) is 38.8 Å². The molecule has 0 radical (unpaired) electrons. The molecule has 0 spiro atoms. The molecule has 15 heavy (non-hydrogen) atoms. The maximum Gasteiger partial charge on any atom is 0.0332 e. The second-order valence-electron chi connectivity index (χ2n) is 4.15. The summed E-state index contributed by atoms with van der Waals surface area (Å²) < 4.78 is 0. The van der Waals surface area contributed by atoms with E-state index in [1.165, 1.54) is 11.1 Å². The molecule has 2 nitrogen and oxygen atoms in total. The Bertz CT molecular complexity index is 277. The van der Waals surface area contributed by atoms with Gasteiger partial charge in [-0.2, -0.15) is 0 Å². The first-order valence-corrected chi connectivity index (χ1v) is 5.69. The Kier molecular flexibility index (Phi) is 4.79. The summed E-state index contributed by atoms with van der Waals surface area (Å²) in [5.41, 5.74) is 8.53. The van der Waals surface area contributed by atoms with Crippen LogP contribution in [0.3, 0.4) is 0 Å². The van der Waals surface area contributed by atoms with Gasteiger partial charge >= 0.3 is 0 Å². The molecule has 2 atom stereocenters. The van der Waals surface area contributed by atoms with Gasteiger partial charge in [-0.15, -0.1) is 0 Å². The molecule has 0 aromatic heterocycles. The fourth-order valence-electron chi connectivity index (χ4n) is 1.78. The van der Waals surface area contributed by atoms with Crippen LogP contribution in [-0.2, 0) is 6.42 Å². The van der Waals surface area contributed by atoms with Gasteiger partial charge in [0.2, 0.25) is 0 Å². The maximum atomic E-state index is 5.82. The third-order valence-electron chi connectivity index (χ3n) is 2.75. The minimum absolute atomic E-state index is 0.230. The van der Waals surface area contributed by atoms with E-state index in [1.807, 2.05) is 14.0 Å². The minimum Gasteiger partial charge on any atom is -0.328 e. The van der Waals surface area contributed by atoms with E-state index < -0.39 is 0 Å². The monoisotopic (exact) mass is 206 g/mol. The van der Waals surface area contributed by atoms with Gasteiger partial charge in [-0.25, -0.2) is 0 Å². The normalized spacial score (nSPS) is 14.9. The number of nitrogens with one attached hydrogen (secondary N) is 1. The number of benzene rings is 1. The maximum absolute atomic E-state index is 5.82. The van der Waals surface area contributed by atoms with Gasteiger partial charge in [0.15, 0.2) is 0 Å². The lowest BCUT2D eigenvalue weighted by molar-refractivity contribution is 0.499. The van der Waals surface area contributed by atoms with Crippen molar-refractivity contribution in [1.29, 1.82) is 0 Å². The Labute approximate surface area is 92.9 Å². The topological polar surface area (TPSA) is 38.0 Å². The summed E-state index contributed by atoms with van der Waals surface area (Å²) in [4.78, 5) is 0. The van der Waals surface area contributed by atoms with E-state index in [4.69, 9.17) is 5.73 Å². The zero-order valence-corrected chi connectivity index (χ0v) is 9.96. The SMILES string of the molecule is CCc1ccc(C(CC(C)N)NC)cc1. The molecule has 1 aromatic carbocycles. The summed E-state index contributed by atoms with van der Waals surface area (Å²) in [6.45, 7) is 4.22. The van der Waals surface area contributed by atoms with Crippen molar-refractivity contribution in [2.75, 3.05) is 7.05 Å². The fourth-order valence-corrected chi connectivity index (χ4v) is 1.78. The van der Waals surface area contributed by atoms with E-state index in [1.54, 1.807) is 0 Å². The summed E-state index contributed by atoms with van der Waals surface area (Å²) in [6, 6.07) is 9.39.